The molecule has 0 N–H and O–H groups in total. The molecule has 6 heterocycles. The van der Waals surface area contributed by atoms with Gasteiger partial charge in [-0.15, -0.1) is 0 Å². The van der Waals surface area contributed by atoms with Gasteiger partial charge >= 0.3 is 0 Å². The van der Waals surface area contributed by atoms with Gasteiger partial charge in [-0.3, -0.25) is 4.57 Å². The Morgan fingerprint density at radius 3 is 1.81 bits per heavy atom. The lowest BCUT2D eigenvalue weighted by Gasteiger charge is -2.25. The van der Waals surface area contributed by atoms with Crippen LogP contribution in [0.4, 0.5) is 22.7 Å². The largest absolute Gasteiger partial charge is 0.457 e. The highest BCUT2D eigenvalue weighted by Crippen LogP contribution is 2.51. The predicted molar refractivity (Wildman–Crippen MR) is 308 cm³/mol. The Morgan fingerprint density at radius 2 is 1.08 bits per heavy atom. The zero-order chi connectivity index (χ0) is 53.0. The van der Waals surface area contributed by atoms with Crippen molar-refractivity contribution in [1.29, 1.82) is 0 Å². The van der Waals surface area contributed by atoms with Crippen molar-refractivity contribution in [2.75, 3.05) is 16.5 Å². The Bertz CT molecular complexity index is 4810. The first-order valence-electron chi connectivity index (χ1n) is 27.2. The molecule has 0 bridgehead atoms. The third-order valence-electron chi connectivity index (χ3n) is 15.5. The molecule has 8 nitrogen and oxygen atoms in total. The van der Waals surface area contributed by atoms with Crippen molar-refractivity contribution in [3.05, 3.63) is 212 Å². The van der Waals surface area contributed by atoms with Gasteiger partial charge in [0, 0.05) is 97.9 Å². The minimum Gasteiger partial charge on any atom is -0.457 e. The van der Waals surface area contributed by atoms with Gasteiger partial charge in [0.1, 0.15) is 24.0 Å². The van der Waals surface area contributed by atoms with E-state index in [9.17, 15) is 0 Å². The predicted octanol–water partition coefficient (Wildman–Crippen LogP) is 16.9. The molecule has 356 valence electrons. The maximum atomic E-state index is 9.14. The molecule has 5 aromatic heterocycles. The highest BCUT2D eigenvalue weighted by Gasteiger charge is 2.33. The van der Waals surface area contributed by atoms with E-state index in [-0.39, 0.29) is 29.6 Å². The fourth-order valence-electron chi connectivity index (χ4n) is 12.1. The van der Waals surface area contributed by atoms with E-state index in [1.165, 1.54) is 49.3 Å². The highest BCUT2D eigenvalue weighted by atomic mass is 16.5. The van der Waals surface area contributed by atoms with E-state index in [0.717, 1.165) is 66.8 Å². The summed E-state index contributed by atoms with van der Waals surface area (Å²) in [6.45, 7) is 7.19. The van der Waals surface area contributed by atoms with Crippen molar-refractivity contribution >= 4 is 110 Å². The fraction of sp³-hybridized carbons (Fsp3) is 0.106. The van der Waals surface area contributed by atoms with Crippen LogP contribution in [0, 0.1) is 0 Å². The summed E-state index contributed by atoms with van der Waals surface area (Å²) in [6, 6.07) is 60.7. The van der Waals surface area contributed by atoms with Gasteiger partial charge in [0.25, 0.3) is 0 Å². The molecule has 0 radical (unpaired) electrons. The summed E-state index contributed by atoms with van der Waals surface area (Å²) in [6.07, 6.45) is 1.88. The van der Waals surface area contributed by atoms with Crippen LogP contribution in [0.15, 0.2) is 206 Å². The van der Waals surface area contributed by atoms with Gasteiger partial charge in [0.05, 0.1) is 55.6 Å². The second-order valence-electron chi connectivity index (χ2n) is 20.7. The van der Waals surface area contributed by atoms with Gasteiger partial charge in [-0.2, -0.15) is 0 Å². The SMILES string of the molecule is [2H]c1c([2H])c([2H])c2c(c1[2H])c1ccccc1n2-c1ccc2c(c1)c1ccc(Oc3cccc(N4CN(c5c6c(cc7c8ccccc8n(C)c57)c5ccccc5n6C)c5ccccc54)c3)cc1n2-c1cc(C(C)(C)C)ccn1. The Labute approximate surface area is 433 Å². The molecule has 9 aromatic carbocycles. The Balaban J connectivity index is 0.858. The van der Waals surface area contributed by atoms with Crippen LogP contribution in [0.1, 0.15) is 31.8 Å². The van der Waals surface area contributed by atoms with Crippen molar-refractivity contribution < 1.29 is 10.2 Å². The van der Waals surface area contributed by atoms with E-state index in [1.54, 1.807) is 0 Å². The fourth-order valence-corrected chi connectivity index (χ4v) is 12.1. The molecule has 0 fully saturated rings. The first kappa shape index (κ1) is 38.4. The van der Waals surface area contributed by atoms with Gasteiger partial charge in [-0.05, 0) is 108 Å². The number of rotatable bonds is 6. The van der Waals surface area contributed by atoms with Crippen LogP contribution in [0.25, 0.3) is 98.7 Å². The van der Waals surface area contributed by atoms with Crippen LogP contribution in [0.3, 0.4) is 0 Å². The van der Waals surface area contributed by atoms with Crippen LogP contribution < -0.4 is 14.5 Å². The highest BCUT2D eigenvalue weighted by molar-refractivity contribution is 6.25. The monoisotopic (exact) mass is 961 g/mol. The molecule has 0 amide bonds. The van der Waals surface area contributed by atoms with Gasteiger partial charge in [-0.25, -0.2) is 4.98 Å². The Hall–Kier alpha value is -9.27. The minimum absolute atomic E-state index is 0.0500. The van der Waals surface area contributed by atoms with E-state index in [2.05, 4.69) is 192 Å². The Morgan fingerprint density at radius 1 is 0.459 bits per heavy atom. The number of fused-ring (bicyclic) bond motifs is 13. The summed E-state index contributed by atoms with van der Waals surface area (Å²) in [5.74, 6) is 2.14. The maximum Gasteiger partial charge on any atom is 0.137 e. The van der Waals surface area contributed by atoms with E-state index in [1.807, 2.05) is 53.2 Å². The van der Waals surface area contributed by atoms with E-state index >= 15 is 0 Å². The quantitative estimate of drug-likeness (QED) is 0.167. The summed E-state index contributed by atoms with van der Waals surface area (Å²) < 4.78 is 51.2. The molecule has 0 saturated heterocycles. The lowest BCUT2D eigenvalue weighted by atomic mass is 9.88. The van der Waals surface area contributed by atoms with E-state index < -0.39 is 0 Å². The van der Waals surface area contributed by atoms with Crippen LogP contribution >= 0.6 is 0 Å². The van der Waals surface area contributed by atoms with Crippen LogP contribution in [-0.4, -0.2) is 29.9 Å². The number of ether oxygens (including phenoxy) is 1. The third kappa shape index (κ3) is 6.11. The summed E-state index contributed by atoms with van der Waals surface area (Å²) in [7, 11) is 4.38. The summed E-state index contributed by atoms with van der Waals surface area (Å²) >= 11 is 0. The van der Waals surface area contributed by atoms with Crippen molar-refractivity contribution in [3.8, 4) is 23.0 Å². The van der Waals surface area contributed by atoms with Crippen LogP contribution in [-0.2, 0) is 19.5 Å². The normalized spacial score (nSPS) is 13.9. The average Bonchev–Trinajstić information content (AvgIpc) is 4.38. The number of para-hydroxylation sites is 6. The molecule has 0 atom stereocenters. The topological polar surface area (TPSA) is 48.3 Å². The number of hydrogen-bond acceptors (Lipinski definition) is 4. The van der Waals surface area contributed by atoms with Gasteiger partial charge in [0.15, 0.2) is 0 Å². The first-order chi connectivity index (χ1) is 37.8. The molecule has 8 heteroatoms. The number of pyridine rings is 1. The molecule has 0 spiro atoms. The molecule has 0 unspecified atom stereocenters. The van der Waals surface area contributed by atoms with E-state index in [4.69, 9.17) is 15.2 Å². The number of anilines is 4. The molecule has 0 saturated carbocycles. The summed E-state index contributed by atoms with van der Waals surface area (Å²) in [5.41, 5.74) is 14.1. The van der Waals surface area contributed by atoms with Crippen molar-refractivity contribution in [2.24, 2.45) is 14.1 Å². The molecular weight excluding hydrogens is 907 g/mol. The zero-order valence-corrected chi connectivity index (χ0v) is 41.6. The number of aryl methyl sites for hydroxylation is 2. The lowest BCUT2D eigenvalue weighted by molar-refractivity contribution is 0.483. The number of hydrogen-bond donors (Lipinski definition) is 0. The van der Waals surface area contributed by atoms with Crippen LogP contribution in [0.2, 0.25) is 0 Å². The third-order valence-corrected chi connectivity index (χ3v) is 15.5. The second kappa shape index (κ2) is 15.6. The molecule has 0 aliphatic carbocycles. The molecular formula is C66H51N7O. The van der Waals surface area contributed by atoms with E-state index in [0.29, 0.717) is 29.1 Å². The average molecular weight is 962 g/mol. The molecule has 74 heavy (non-hydrogen) atoms. The smallest absolute Gasteiger partial charge is 0.137 e. The number of benzene rings is 9. The maximum absolute atomic E-state index is 9.14. The second-order valence-corrected chi connectivity index (χ2v) is 20.7. The lowest BCUT2D eigenvalue weighted by Crippen LogP contribution is -2.25. The Kier molecular flexibility index (Phi) is 8.11. The van der Waals surface area contributed by atoms with Crippen molar-refractivity contribution in [2.45, 2.75) is 26.2 Å². The van der Waals surface area contributed by atoms with Gasteiger partial charge in [-0.1, -0.05) is 112 Å². The molecule has 1 aliphatic heterocycles. The van der Waals surface area contributed by atoms with Crippen LogP contribution in [0.5, 0.6) is 11.5 Å². The van der Waals surface area contributed by atoms with Gasteiger partial charge in [0.2, 0.25) is 0 Å². The summed E-state index contributed by atoms with van der Waals surface area (Å²) in [4.78, 5) is 9.86. The standard InChI is InChI=1S/C66H51N7O/c1-66(2,3)41-33-34-67-62(35-41)73-58-32-29-43(72-56-25-12-8-19-46(56)47-20-9-13-26-57(47)72)37-51(58)50-31-30-45(38-61(50)73)74-44-18-16-17-42(36-44)70-40-71(60-28-15-14-27-59(60)70)65-63-52(48-21-6-10-23-54(48)68(63)4)39-53-49-22-7-11-24-55(49)69(5)64(53)65/h6-39H,40H2,1-5H3/i8D,12D,19D,25D. The first-order valence-corrected chi connectivity index (χ1v) is 25.2. The zero-order valence-electron chi connectivity index (χ0n) is 45.6. The molecule has 14 aromatic rings. The van der Waals surface area contributed by atoms with Crippen molar-refractivity contribution in [3.63, 3.8) is 0 Å². The minimum atomic E-state index is -0.262. The van der Waals surface area contributed by atoms with Crippen molar-refractivity contribution in [1.82, 2.24) is 23.3 Å². The number of nitrogens with zero attached hydrogens (tertiary/aromatic N) is 7. The molecule has 15 rings (SSSR count). The summed E-state index contributed by atoms with van der Waals surface area (Å²) in [5, 5.41) is 8.14. The molecule has 1 aliphatic rings. The van der Waals surface area contributed by atoms with Gasteiger partial charge < -0.3 is 28.2 Å². The number of aromatic nitrogens is 5.